The van der Waals surface area contributed by atoms with Gasteiger partial charge in [0.15, 0.2) is 6.10 Å². The van der Waals surface area contributed by atoms with E-state index in [1.807, 2.05) is 59.8 Å². The highest BCUT2D eigenvalue weighted by atomic mass is 16.5. The number of aliphatic hydroxyl groups excluding tert-OH is 1. The summed E-state index contributed by atoms with van der Waals surface area (Å²) in [7, 11) is 0. The van der Waals surface area contributed by atoms with Crippen LogP contribution in [0.4, 0.5) is 0 Å². The molecule has 2 atom stereocenters. The molecule has 8 heteroatoms. The van der Waals surface area contributed by atoms with Gasteiger partial charge in [-0.1, -0.05) is 39.8 Å². The van der Waals surface area contributed by atoms with Crippen LogP contribution >= 0.6 is 0 Å². The van der Waals surface area contributed by atoms with Crippen molar-refractivity contribution in [3.05, 3.63) is 105 Å². The van der Waals surface area contributed by atoms with Crippen molar-refractivity contribution in [3.8, 4) is 17.2 Å². The quantitative estimate of drug-likeness (QED) is 0.172. The van der Waals surface area contributed by atoms with E-state index in [-0.39, 0.29) is 0 Å². The highest BCUT2D eigenvalue weighted by molar-refractivity contribution is 5.95. The van der Waals surface area contributed by atoms with E-state index in [0.29, 0.717) is 61.4 Å². The lowest BCUT2D eigenvalue weighted by atomic mass is 9.80. The van der Waals surface area contributed by atoms with Gasteiger partial charge in [-0.3, -0.25) is 0 Å². The Hall–Kier alpha value is -4.56. The molecule has 6 rings (SSSR count). The van der Waals surface area contributed by atoms with Gasteiger partial charge < -0.3 is 28.2 Å². The molecular weight excluding hydrogens is 584 g/mol. The molecular formula is C38H40O8. The molecule has 0 saturated heterocycles. The van der Waals surface area contributed by atoms with Gasteiger partial charge in [-0.15, -0.1) is 13.2 Å². The van der Waals surface area contributed by atoms with Gasteiger partial charge in [-0.25, -0.2) is 9.59 Å². The highest BCUT2D eigenvalue weighted by Gasteiger charge is 2.46. The minimum absolute atomic E-state index is 0.315. The van der Waals surface area contributed by atoms with Crippen LogP contribution in [0.3, 0.4) is 0 Å². The van der Waals surface area contributed by atoms with Gasteiger partial charge in [0.05, 0.1) is 10.9 Å². The summed E-state index contributed by atoms with van der Waals surface area (Å²) < 4.78 is 31.4. The highest BCUT2D eigenvalue weighted by Crippen LogP contribution is 2.52. The fourth-order valence-electron chi connectivity index (χ4n) is 6.09. The summed E-state index contributed by atoms with van der Waals surface area (Å²) in [6.45, 7) is 23.1. The first kappa shape index (κ1) is 31.4. The number of hydrogen-bond donors (Lipinski definition) is 1. The predicted octanol–water partition coefficient (Wildman–Crippen LogP) is 7.66. The molecule has 240 valence electrons. The van der Waals surface area contributed by atoms with Crippen LogP contribution in [-0.2, 0) is 10.8 Å². The van der Waals surface area contributed by atoms with Crippen molar-refractivity contribution >= 4 is 28.0 Å². The fourth-order valence-corrected chi connectivity index (χ4v) is 6.09. The summed E-state index contributed by atoms with van der Waals surface area (Å²) >= 11 is 0. The maximum absolute atomic E-state index is 13.0. The maximum atomic E-state index is 13.0. The molecule has 2 aromatic carbocycles. The minimum Gasteiger partial charge on any atom is -0.484 e. The number of benzene rings is 2. The lowest BCUT2D eigenvalue weighted by Gasteiger charge is -2.42. The normalized spacial score (nSPS) is 19.9. The van der Waals surface area contributed by atoms with E-state index in [1.165, 1.54) is 6.07 Å². The Morgan fingerprint density at radius 3 is 2.30 bits per heavy atom. The Kier molecular flexibility index (Phi) is 6.98. The van der Waals surface area contributed by atoms with Crippen molar-refractivity contribution in [2.45, 2.75) is 89.6 Å². The summed E-state index contributed by atoms with van der Waals surface area (Å²) in [6.07, 6.45) is 5.30. The standard InChI is InChI=1S/C38H40O8/c1-11-35(3,4)24-18-20-17-23-26(19-25(20)42-34(24)41)45-38(9,10)33(40)32(23)44-29-21-13-14-27(39)43-30(21)28(36(5,6)12-2)31-22(29)15-16-37(7,8)46-31/h11-19,32-33,40H,1-2H2,3-10H3/t32-,33-/m1/s1. The molecule has 0 amide bonds. The second kappa shape index (κ2) is 10.2. The number of aliphatic hydroxyl groups is 1. The van der Waals surface area contributed by atoms with E-state index in [2.05, 4.69) is 13.2 Å². The van der Waals surface area contributed by atoms with Crippen LogP contribution in [0.2, 0.25) is 0 Å². The summed E-state index contributed by atoms with van der Waals surface area (Å²) in [5, 5.41) is 13.0. The lowest BCUT2D eigenvalue weighted by molar-refractivity contribution is -0.102. The van der Waals surface area contributed by atoms with Crippen LogP contribution in [-0.4, -0.2) is 22.4 Å². The molecule has 0 aliphatic carbocycles. The van der Waals surface area contributed by atoms with Gasteiger partial charge in [-0.2, -0.15) is 0 Å². The average Bonchev–Trinajstić information content (AvgIpc) is 2.97. The average molecular weight is 625 g/mol. The van der Waals surface area contributed by atoms with E-state index in [4.69, 9.17) is 23.0 Å². The Bertz CT molecular complexity index is 2090. The zero-order valence-electron chi connectivity index (χ0n) is 27.6. The second-order valence-corrected chi connectivity index (χ2v) is 14.4. The number of allylic oxidation sites excluding steroid dienone is 2. The zero-order chi connectivity index (χ0) is 33.6. The molecule has 2 aromatic heterocycles. The van der Waals surface area contributed by atoms with Gasteiger partial charge in [0, 0.05) is 45.0 Å². The molecule has 0 bridgehead atoms. The topological polar surface area (TPSA) is 108 Å². The molecule has 0 fully saturated rings. The van der Waals surface area contributed by atoms with Crippen LogP contribution in [0.1, 0.15) is 83.7 Å². The molecule has 2 aliphatic rings. The Morgan fingerprint density at radius 1 is 0.935 bits per heavy atom. The van der Waals surface area contributed by atoms with Crippen molar-refractivity contribution in [3.63, 3.8) is 0 Å². The van der Waals surface area contributed by atoms with E-state index in [1.54, 1.807) is 44.2 Å². The van der Waals surface area contributed by atoms with Crippen molar-refractivity contribution in [1.82, 2.24) is 0 Å². The van der Waals surface area contributed by atoms with Crippen LogP contribution in [0, 0.1) is 0 Å². The van der Waals surface area contributed by atoms with E-state index in [0.717, 1.165) is 0 Å². The second-order valence-electron chi connectivity index (χ2n) is 14.4. The molecule has 4 aromatic rings. The molecule has 0 radical (unpaired) electrons. The van der Waals surface area contributed by atoms with Crippen molar-refractivity contribution in [1.29, 1.82) is 0 Å². The summed E-state index contributed by atoms with van der Waals surface area (Å²) in [6, 6.07) is 8.28. The van der Waals surface area contributed by atoms with Crippen LogP contribution in [0.5, 0.6) is 17.2 Å². The van der Waals surface area contributed by atoms with Gasteiger partial charge in [0.1, 0.15) is 45.7 Å². The first-order chi connectivity index (χ1) is 21.4. The number of rotatable bonds is 6. The minimum atomic E-state index is -1.13. The molecule has 4 heterocycles. The summed E-state index contributed by atoms with van der Waals surface area (Å²) in [4.78, 5) is 25.6. The summed E-state index contributed by atoms with van der Waals surface area (Å²) in [5.74, 6) is 1.30. The number of ether oxygens (including phenoxy) is 3. The Morgan fingerprint density at radius 2 is 1.63 bits per heavy atom. The zero-order valence-corrected chi connectivity index (χ0v) is 27.6. The van der Waals surface area contributed by atoms with Gasteiger partial charge in [-0.05, 0) is 58.0 Å². The molecule has 0 spiro atoms. The maximum Gasteiger partial charge on any atom is 0.340 e. The smallest absolute Gasteiger partial charge is 0.340 e. The first-order valence-electron chi connectivity index (χ1n) is 15.3. The van der Waals surface area contributed by atoms with Crippen molar-refractivity contribution in [2.75, 3.05) is 0 Å². The third-order valence-electron chi connectivity index (χ3n) is 9.19. The Balaban J connectivity index is 1.63. The van der Waals surface area contributed by atoms with Gasteiger partial charge in [0.25, 0.3) is 0 Å². The molecule has 2 aliphatic heterocycles. The molecule has 8 nitrogen and oxygen atoms in total. The summed E-state index contributed by atoms with van der Waals surface area (Å²) in [5.41, 5.74) is -1.03. The molecule has 0 unspecified atom stereocenters. The largest absolute Gasteiger partial charge is 0.484 e. The third-order valence-corrected chi connectivity index (χ3v) is 9.19. The molecule has 46 heavy (non-hydrogen) atoms. The first-order valence-corrected chi connectivity index (χ1v) is 15.3. The van der Waals surface area contributed by atoms with Crippen LogP contribution in [0.15, 0.2) is 80.1 Å². The number of hydrogen-bond acceptors (Lipinski definition) is 8. The molecule has 0 saturated carbocycles. The number of fused-ring (bicyclic) bond motifs is 4. The van der Waals surface area contributed by atoms with Gasteiger partial charge >= 0.3 is 11.3 Å². The molecule has 1 N–H and O–H groups in total. The van der Waals surface area contributed by atoms with E-state index >= 15 is 0 Å². The fraction of sp³-hybridized carbons (Fsp3) is 0.368. The predicted molar refractivity (Wildman–Crippen MR) is 179 cm³/mol. The van der Waals surface area contributed by atoms with Crippen LogP contribution < -0.4 is 25.5 Å². The SMILES string of the molecule is C=CC(C)(C)c1cc2cc3c(cc2oc1=O)OC(C)(C)[C@H](O)[C@@H]3Oc1c2c(c(C(C)(C)C=C)c3oc(=O)ccc13)OC(C)(C)C=C2. The lowest BCUT2D eigenvalue weighted by Crippen LogP contribution is -2.50. The van der Waals surface area contributed by atoms with Gasteiger partial charge in [0.2, 0.25) is 0 Å². The van der Waals surface area contributed by atoms with Crippen molar-refractivity contribution < 1.29 is 28.2 Å². The van der Waals surface area contributed by atoms with Crippen LogP contribution in [0.25, 0.3) is 28.0 Å². The Labute approximate surface area is 267 Å². The van der Waals surface area contributed by atoms with E-state index < -0.39 is 45.5 Å². The van der Waals surface area contributed by atoms with Crippen molar-refractivity contribution in [2.24, 2.45) is 0 Å². The monoisotopic (exact) mass is 624 g/mol. The van der Waals surface area contributed by atoms with E-state index in [9.17, 15) is 14.7 Å². The third kappa shape index (κ3) is 4.96.